The molecule has 1 aromatic carbocycles. The monoisotopic (exact) mass is 339 g/mol. The molecule has 0 aromatic heterocycles. The van der Waals surface area contributed by atoms with Gasteiger partial charge in [0.25, 0.3) is 0 Å². The summed E-state index contributed by atoms with van der Waals surface area (Å²) in [7, 11) is 1.58. The fourth-order valence-electron chi connectivity index (χ4n) is 1.34. The van der Waals surface area contributed by atoms with Crippen LogP contribution in [-0.2, 0) is 9.05 Å². The number of hydrogen-bond donors (Lipinski definition) is 0. The van der Waals surface area contributed by atoms with Crippen LogP contribution in [0.5, 0.6) is 5.75 Å². The summed E-state index contributed by atoms with van der Waals surface area (Å²) >= 11 is 1.24. The lowest BCUT2D eigenvalue weighted by Crippen LogP contribution is -2.07. The first kappa shape index (κ1) is 17.1. The van der Waals surface area contributed by atoms with Gasteiger partial charge in [-0.3, -0.25) is 10.1 Å². The number of hydrogen-bond acceptors (Lipinski definition) is 6. The van der Waals surface area contributed by atoms with Crippen molar-refractivity contribution in [3.8, 4) is 5.75 Å². The quantitative estimate of drug-likeness (QED) is 0.328. The van der Waals surface area contributed by atoms with E-state index in [-0.39, 0.29) is 29.0 Å². The number of nitro groups is 1. The lowest BCUT2D eigenvalue weighted by Gasteiger charge is -2.11. The Kier molecular flexibility index (Phi) is 6.09. The van der Waals surface area contributed by atoms with Crippen LogP contribution in [0.1, 0.15) is 13.8 Å². The number of benzene rings is 1. The van der Waals surface area contributed by atoms with Crippen molar-refractivity contribution in [2.24, 2.45) is 0 Å². The first-order valence-electron chi connectivity index (χ1n) is 5.69. The summed E-state index contributed by atoms with van der Waals surface area (Å²) in [4.78, 5) is 11.1. The lowest BCUT2D eigenvalue weighted by atomic mass is 10.3. The SMILES string of the molecule is CC(C)Oc1cc(SCCS(=O)(=O)Cl)ccc1[N+](=O)[O-]. The van der Waals surface area contributed by atoms with Gasteiger partial charge in [-0.2, -0.15) is 0 Å². The molecule has 0 atom stereocenters. The zero-order chi connectivity index (χ0) is 15.3. The molecule has 0 saturated heterocycles. The van der Waals surface area contributed by atoms with Crippen molar-refractivity contribution in [1.29, 1.82) is 0 Å². The van der Waals surface area contributed by atoms with Gasteiger partial charge in [0.1, 0.15) is 0 Å². The van der Waals surface area contributed by atoms with Crippen LogP contribution in [0, 0.1) is 10.1 Å². The minimum atomic E-state index is -3.53. The maximum absolute atomic E-state index is 10.9. The third-order valence-electron chi connectivity index (χ3n) is 2.09. The minimum absolute atomic E-state index is 0.118. The Hall–Kier alpha value is -0.990. The van der Waals surface area contributed by atoms with Gasteiger partial charge in [-0.25, -0.2) is 8.42 Å². The normalized spacial score (nSPS) is 11.6. The van der Waals surface area contributed by atoms with Gasteiger partial charge < -0.3 is 4.74 Å². The van der Waals surface area contributed by atoms with Crippen LogP contribution in [0.2, 0.25) is 0 Å². The van der Waals surface area contributed by atoms with Crippen molar-refractivity contribution in [2.45, 2.75) is 24.8 Å². The molecular weight excluding hydrogens is 326 g/mol. The first-order valence-corrected chi connectivity index (χ1v) is 9.15. The molecule has 0 unspecified atom stereocenters. The zero-order valence-corrected chi connectivity index (χ0v) is 13.3. The van der Waals surface area contributed by atoms with Crippen LogP contribution in [-0.4, -0.2) is 31.0 Å². The molecule has 0 spiro atoms. The van der Waals surface area contributed by atoms with Crippen LogP contribution in [0.15, 0.2) is 23.1 Å². The molecule has 0 amide bonds. The third kappa shape index (κ3) is 5.98. The predicted octanol–water partition coefficient (Wildman–Crippen LogP) is 3.04. The van der Waals surface area contributed by atoms with Gasteiger partial charge in [-0.1, -0.05) is 0 Å². The molecule has 0 saturated carbocycles. The number of rotatable bonds is 7. The van der Waals surface area contributed by atoms with E-state index < -0.39 is 14.0 Å². The van der Waals surface area contributed by atoms with Gasteiger partial charge in [-0.15, -0.1) is 11.8 Å². The summed E-state index contributed by atoms with van der Waals surface area (Å²) in [5, 5.41) is 10.9. The van der Waals surface area contributed by atoms with Crippen LogP contribution in [0.3, 0.4) is 0 Å². The molecule has 0 aliphatic carbocycles. The molecule has 0 aliphatic heterocycles. The predicted molar refractivity (Wildman–Crippen MR) is 79.2 cm³/mol. The molecule has 0 aliphatic rings. The van der Waals surface area contributed by atoms with Crippen LogP contribution in [0.25, 0.3) is 0 Å². The van der Waals surface area contributed by atoms with E-state index in [1.807, 2.05) is 0 Å². The molecule has 1 aromatic rings. The number of nitrogens with zero attached hydrogens (tertiary/aromatic N) is 1. The summed E-state index contributed by atoms with van der Waals surface area (Å²) in [5.41, 5.74) is -0.118. The smallest absolute Gasteiger partial charge is 0.311 e. The minimum Gasteiger partial charge on any atom is -0.484 e. The second-order valence-electron chi connectivity index (χ2n) is 4.14. The molecule has 6 nitrogen and oxygen atoms in total. The zero-order valence-electron chi connectivity index (χ0n) is 10.9. The second-order valence-corrected chi connectivity index (χ2v) is 8.21. The Bertz CT molecular complexity index is 588. The standard InChI is InChI=1S/C11H14ClNO5S2/c1-8(2)18-11-7-9(3-4-10(11)13(14)15)19-5-6-20(12,16)17/h3-4,7-8H,5-6H2,1-2H3. The maximum Gasteiger partial charge on any atom is 0.311 e. The number of halogens is 1. The summed E-state index contributed by atoms with van der Waals surface area (Å²) in [6.07, 6.45) is -0.197. The highest BCUT2D eigenvalue weighted by Crippen LogP contribution is 2.32. The van der Waals surface area contributed by atoms with Crippen molar-refractivity contribution in [1.82, 2.24) is 0 Å². The first-order chi connectivity index (χ1) is 9.19. The van der Waals surface area contributed by atoms with Gasteiger partial charge in [0, 0.05) is 33.5 Å². The van der Waals surface area contributed by atoms with Gasteiger partial charge in [0.2, 0.25) is 9.05 Å². The van der Waals surface area contributed by atoms with Crippen molar-refractivity contribution in [2.75, 3.05) is 11.5 Å². The van der Waals surface area contributed by atoms with Gasteiger partial charge in [-0.05, 0) is 19.9 Å². The van der Waals surface area contributed by atoms with E-state index in [0.717, 1.165) is 0 Å². The molecule has 0 heterocycles. The highest BCUT2D eigenvalue weighted by atomic mass is 35.7. The van der Waals surface area contributed by atoms with Crippen molar-refractivity contribution < 1.29 is 18.1 Å². The Morgan fingerprint density at radius 2 is 2.10 bits per heavy atom. The number of thioether (sulfide) groups is 1. The maximum atomic E-state index is 10.9. The van der Waals surface area contributed by atoms with Gasteiger partial charge >= 0.3 is 5.69 Å². The van der Waals surface area contributed by atoms with Crippen molar-refractivity contribution >= 4 is 37.2 Å². The van der Waals surface area contributed by atoms with Gasteiger partial charge in [0.15, 0.2) is 5.75 Å². The summed E-state index contributed by atoms with van der Waals surface area (Å²) in [6, 6.07) is 4.43. The van der Waals surface area contributed by atoms with E-state index in [4.69, 9.17) is 15.4 Å². The fourth-order valence-corrected chi connectivity index (χ4v) is 3.63. The highest BCUT2D eigenvalue weighted by Gasteiger charge is 2.17. The van der Waals surface area contributed by atoms with Crippen molar-refractivity contribution in [3.05, 3.63) is 28.3 Å². The van der Waals surface area contributed by atoms with E-state index in [1.54, 1.807) is 19.9 Å². The van der Waals surface area contributed by atoms with Crippen LogP contribution in [0.4, 0.5) is 5.69 Å². The van der Waals surface area contributed by atoms with Crippen molar-refractivity contribution in [3.63, 3.8) is 0 Å². The lowest BCUT2D eigenvalue weighted by molar-refractivity contribution is -0.386. The summed E-state index contributed by atoms with van der Waals surface area (Å²) < 4.78 is 27.0. The molecule has 1 rings (SSSR count). The van der Waals surface area contributed by atoms with E-state index in [9.17, 15) is 18.5 Å². The van der Waals surface area contributed by atoms with E-state index in [1.165, 1.54) is 23.9 Å². The Morgan fingerprint density at radius 1 is 1.45 bits per heavy atom. The van der Waals surface area contributed by atoms with Gasteiger partial charge in [0.05, 0.1) is 16.8 Å². The number of nitro benzene ring substituents is 1. The molecule has 0 N–H and O–H groups in total. The van der Waals surface area contributed by atoms with E-state index >= 15 is 0 Å². The van der Waals surface area contributed by atoms with Crippen LogP contribution >= 0.6 is 22.4 Å². The highest BCUT2D eigenvalue weighted by molar-refractivity contribution is 8.14. The topological polar surface area (TPSA) is 86.5 Å². The molecule has 0 fully saturated rings. The number of ether oxygens (including phenoxy) is 1. The molecule has 20 heavy (non-hydrogen) atoms. The average Bonchev–Trinajstić information content (AvgIpc) is 2.26. The molecule has 112 valence electrons. The summed E-state index contributed by atoms with van der Waals surface area (Å²) in [5.74, 6) is 0.269. The Balaban J connectivity index is 2.86. The average molecular weight is 340 g/mol. The Labute approximate surface area is 126 Å². The Morgan fingerprint density at radius 3 is 2.60 bits per heavy atom. The fraction of sp³-hybridized carbons (Fsp3) is 0.455. The van der Waals surface area contributed by atoms with Crippen LogP contribution < -0.4 is 4.74 Å². The molecule has 9 heteroatoms. The largest absolute Gasteiger partial charge is 0.484 e. The van der Waals surface area contributed by atoms with E-state index in [0.29, 0.717) is 4.90 Å². The molecule has 0 bridgehead atoms. The third-order valence-corrected chi connectivity index (χ3v) is 4.50. The summed E-state index contributed by atoms with van der Waals surface area (Å²) in [6.45, 7) is 3.53. The molecule has 0 radical (unpaired) electrons. The molecular formula is C11H14ClNO5S2. The van der Waals surface area contributed by atoms with E-state index in [2.05, 4.69) is 0 Å². The second kappa shape index (κ2) is 7.14.